The fourth-order valence-corrected chi connectivity index (χ4v) is 6.35. The van der Waals surface area contributed by atoms with Crippen LogP contribution in [0.25, 0.3) is 21.5 Å². The van der Waals surface area contributed by atoms with Crippen molar-refractivity contribution in [3.8, 4) is 11.5 Å². The molecule has 2 unspecified atom stereocenters. The Labute approximate surface area is 303 Å². The molecule has 3 aromatic carbocycles. The van der Waals surface area contributed by atoms with Gasteiger partial charge in [0.25, 0.3) is 0 Å². The highest BCUT2D eigenvalue weighted by Crippen LogP contribution is 2.44. The van der Waals surface area contributed by atoms with Crippen molar-refractivity contribution in [3.05, 3.63) is 48.5 Å². The van der Waals surface area contributed by atoms with Gasteiger partial charge in [0.05, 0.1) is 0 Å². The van der Waals surface area contributed by atoms with Gasteiger partial charge in [0.1, 0.15) is 22.7 Å². The van der Waals surface area contributed by atoms with Gasteiger partial charge in [-0.25, -0.2) is 9.59 Å². The SMILES string of the molecule is CCCCCCCCCC(Oc1c2ccccc2c(OC(CCCCCCCCC)C(=O)OC(C)(C)C)c2ccccc12)C(=O)OC(C)(C)C. The average Bonchev–Trinajstić information content (AvgIpc) is 3.05. The molecule has 0 spiro atoms. The van der Waals surface area contributed by atoms with Gasteiger partial charge in [-0.05, 0) is 67.2 Å². The van der Waals surface area contributed by atoms with Crippen LogP contribution in [0.15, 0.2) is 48.5 Å². The summed E-state index contributed by atoms with van der Waals surface area (Å²) < 4.78 is 25.3. The van der Waals surface area contributed by atoms with E-state index in [-0.39, 0.29) is 11.9 Å². The summed E-state index contributed by atoms with van der Waals surface area (Å²) in [6.45, 7) is 15.8. The Morgan fingerprint density at radius 1 is 0.480 bits per heavy atom. The molecule has 0 amide bonds. The van der Waals surface area contributed by atoms with Crippen molar-refractivity contribution in [1.82, 2.24) is 0 Å². The Hall–Kier alpha value is -3.28. The van der Waals surface area contributed by atoms with Gasteiger partial charge < -0.3 is 18.9 Å². The van der Waals surface area contributed by atoms with Gasteiger partial charge in [0.2, 0.25) is 0 Å². The molecule has 0 aliphatic carbocycles. The number of esters is 2. The molecular formula is C44H66O6. The molecule has 278 valence electrons. The first kappa shape index (κ1) is 41.1. The molecule has 2 atom stereocenters. The molecule has 3 aromatic rings. The fraction of sp³-hybridized carbons (Fsp3) is 0.636. The normalized spacial score (nSPS) is 13.3. The lowest BCUT2D eigenvalue weighted by Gasteiger charge is -2.27. The maximum absolute atomic E-state index is 13.6. The summed E-state index contributed by atoms with van der Waals surface area (Å²) in [5.74, 6) is 0.555. The Morgan fingerprint density at radius 2 is 0.760 bits per heavy atom. The van der Waals surface area contributed by atoms with Crippen molar-refractivity contribution in [1.29, 1.82) is 0 Å². The number of hydrogen-bond donors (Lipinski definition) is 0. The van der Waals surface area contributed by atoms with Gasteiger partial charge in [-0.3, -0.25) is 0 Å². The van der Waals surface area contributed by atoms with Crippen LogP contribution >= 0.6 is 0 Å². The largest absolute Gasteiger partial charge is 0.477 e. The molecule has 0 fully saturated rings. The molecule has 0 saturated carbocycles. The van der Waals surface area contributed by atoms with Gasteiger partial charge >= 0.3 is 11.9 Å². The zero-order valence-corrected chi connectivity index (χ0v) is 32.5. The summed E-state index contributed by atoms with van der Waals surface area (Å²) >= 11 is 0. The minimum absolute atomic E-state index is 0.350. The monoisotopic (exact) mass is 690 g/mol. The van der Waals surface area contributed by atoms with Gasteiger partial charge in [-0.1, -0.05) is 139 Å². The maximum atomic E-state index is 13.6. The molecule has 50 heavy (non-hydrogen) atoms. The van der Waals surface area contributed by atoms with E-state index in [9.17, 15) is 9.59 Å². The maximum Gasteiger partial charge on any atom is 0.347 e. The molecular weight excluding hydrogens is 624 g/mol. The number of benzene rings is 3. The summed E-state index contributed by atoms with van der Waals surface area (Å²) in [6.07, 6.45) is 15.7. The molecule has 0 heterocycles. The van der Waals surface area contributed by atoms with Crippen LogP contribution in [0.2, 0.25) is 0 Å². The summed E-state index contributed by atoms with van der Waals surface area (Å²) in [5.41, 5.74) is -1.26. The van der Waals surface area contributed by atoms with E-state index >= 15 is 0 Å². The van der Waals surface area contributed by atoms with Crippen LogP contribution in [0.1, 0.15) is 158 Å². The van der Waals surface area contributed by atoms with Gasteiger partial charge in [-0.15, -0.1) is 0 Å². The third kappa shape index (κ3) is 13.8. The summed E-state index contributed by atoms with van der Waals surface area (Å²) in [5, 5.41) is 3.31. The minimum Gasteiger partial charge on any atom is -0.477 e. The number of unbranched alkanes of at least 4 members (excludes halogenated alkanes) is 12. The molecule has 0 aromatic heterocycles. The Balaban J connectivity index is 1.98. The molecule has 6 nitrogen and oxygen atoms in total. The second kappa shape index (κ2) is 20.5. The quantitative estimate of drug-likeness (QED) is 0.0594. The lowest BCUT2D eigenvalue weighted by molar-refractivity contribution is -0.164. The smallest absolute Gasteiger partial charge is 0.347 e. The van der Waals surface area contributed by atoms with Crippen LogP contribution in [0.4, 0.5) is 0 Å². The highest BCUT2D eigenvalue weighted by atomic mass is 16.6. The Kier molecular flexibility index (Phi) is 16.9. The van der Waals surface area contributed by atoms with Crippen molar-refractivity contribution in [2.24, 2.45) is 0 Å². The van der Waals surface area contributed by atoms with E-state index in [0.29, 0.717) is 24.3 Å². The molecule has 0 radical (unpaired) electrons. The number of carbonyl (C=O) groups excluding carboxylic acids is 2. The third-order valence-corrected chi connectivity index (χ3v) is 8.83. The van der Waals surface area contributed by atoms with E-state index in [1.54, 1.807) is 0 Å². The predicted molar refractivity (Wildman–Crippen MR) is 207 cm³/mol. The molecule has 0 aliphatic heterocycles. The molecule has 0 bridgehead atoms. The summed E-state index contributed by atoms with van der Waals surface area (Å²) in [7, 11) is 0. The van der Waals surface area contributed by atoms with Crippen molar-refractivity contribution in [2.75, 3.05) is 0 Å². The zero-order chi connectivity index (χ0) is 36.6. The van der Waals surface area contributed by atoms with Gasteiger partial charge in [0.15, 0.2) is 12.2 Å². The molecule has 6 heteroatoms. The van der Waals surface area contributed by atoms with Gasteiger partial charge in [0, 0.05) is 21.5 Å². The highest BCUT2D eigenvalue weighted by Gasteiger charge is 2.31. The first-order valence-corrected chi connectivity index (χ1v) is 19.6. The number of rotatable bonds is 22. The van der Waals surface area contributed by atoms with E-state index in [1.807, 2.05) is 90.1 Å². The summed E-state index contributed by atoms with van der Waals surface area (Å²) in [6, 6.07) is 15.9. The molecule has 0 aliphatic rings. The van der Waals surface area contributed by atoms with E-state index < -0.39 is 23.4 Å². The zero-order valence-electron chi connectivity index (χ0n) is 32.5. The van der Waals surface area contributed by atoms with E-state index in [4.69, 9.17) is 18.9 Å². The van der Waals surface area contributed by atoms with Crippen LogP contribution in [-0.4, -0.2) is 35.3 Å². The number of hydrogen-bond acceptors (Lipinski definition) is 6. The molecule has 0 N–H and O–H groups in total. The van der Waals surface area contributed by atoms with E-state index in [0.717, 1.165) is 60.1 Å². The first-order chi connectivity index (χ1) is 23.8. The second-order valence-electron chi connectivity index (χ2n) is 15.8. The van der Waals surface area contributed by atoms with Crippen molar-refractivity contribution < 1.29 is 28.5 Å². The van der Waals surface area contributed by atoms with Crippen LogP contribution in [0, 0.1) is 0 Å². The first-order valence-electron chi connectivity index (χ1n) is 19.6. The fourth-order valence-electron chi connectivity index (χ4n) is 6.35. The molecule has 0 saturated heterocycles. The van der Waals surface area contributed by atoms with Crippen molar-refractivity contribution in [2.45, 2.75) is 182 Å². The Bertz CT molecular complexity index is 1300. The standard InChI is InChI=1S/C44H66O6/c1-9-11-13-15-17-19-21-31-37(41(45)49-43(3,4)5)47-39-33-27-23-25-29-35(33)40(36-30-26-24-28-34(36)39)48-38(42(46)50-44(6,7)8)32-22-20-18-16-14-12-10-2/h23-30,37-38H,9-22,31-32H2,1-8H3. The van der Waals surface area contributed by atoms with Crippen LogP contribution in [-0.2, 0) is 19.1 Å². The summed E-state index contributed by atoms with van der Waals surface area (Å²) in [4.78, 5) is 27.2. The van der Waals surface area contributed by atoms with Crippen LogP contribution in [0.5, 0.6) is 11.5 Å². The van der Waals surface area contributed by atoms with Crippen molar-refractivity contribution in [3.63, 3.8) is 0 Å². The Morgan fingerprint density at radius 3 is 1.04 bits per heavy atom. The van der Waals surface area contributed by atoms with E-state index in [2.05, 4.69) is 13.8 Å². The lowest BCUT2D eigenvalue weighted by Crippen LogP contribution is -2.36. The van der Waals surface area contributed by atoms with Crippen LogP contribution < -0.4 is 9.47 Å². The number of fused-ring (bicyclic) bond motifs is 2. The number of ether oxygens (including phenoxy) is 4. The lowest BCUT2D eigenvalue weighted by atomic mass is 9.99. The van der Waals surface area contributed by atoms with Crippen LogP contribution in [0.3, 0.4) is 0 Å². The average molecular weight is 691 g/mol. The predicted octanol–water partition coefficient (Wildman–Crippen LogP) is 12.5. The van der Waals surface area contributed by atoms with E-state index in [1.165, 1.54) is 51.4 Å². The van der Waals surface area contributed by atoms with Crippen molar-refractivity contribution >= 4 is 33.5 Å². The third-order valence-electron chi connectivity index (χ3n) is 8.83. The highest BCUT2D eigenvalue weighted by molar-refractivity contribution is 6.11. The second-order valence-corrected chi connectivity index (χ2v) is 15.8. The topological polar surface area (TPSA) is 71.1 Å². The molecule has 3 rings (SSSR count). The minimum atomic E-state index is -0.754. The number of carbonyl (C=O) groups is 2. The van der Waals surface area contributed by atoms with Gasteiger partial charge in [-0.2, -0.15) is 0 Å².